The van der Waals surface area contributed by atoms with Gasteiger partial charge in [-0.05, 0) is 12.8 Å². The predicted molar refractivity (Wildman–Crippen MR) is 61.4 cm³/mol. The molecule has 1 aliphatic rings. The topological polar surface area (TPSA) is 32.3 Å². The molecule has 0 aromatic heterocycles. The van der Waals surface area contributed by atoms with Gasteiger partial charge < -0.3 is 4.90 Å². The van der Waals surface area contributed by atoms with Crippen molar-refractivity contribution in [2.75, 3.05) is 24.7 Å². The van der Waals surface area contributed by atoms with Crippen molar-refractivity contribution in [3.05, 3.63) is 0 Å². The summed E-state index contributed by atoms with van der Waals surface area (Å²) in [4.78, 5) is 14.0. The van der Waals surface area contributed by atoms with Crippen LogP contribution in [0.25, 0.3) is 0 Å². The molecule has 1 amide bonds. The summed E-state index contributed by atoms with van der Waals surface area (Å²) < 4.78 is 0. The van der Waals surface area contributed by atoms with Crippen LogP contribution >= 0.6 is 11.8 Å². The molecule has 0 aromatic rings. The zero-order valence-corrected chi connectivity index (χ0v) is 9.90. The van der Waals surface area contributed by atoms with Gasteiger partial charge in [-0.25, -0.2) is 0 Å². The van der Waals surface area contributed by atoms with Crippen molar-refractivity contribution in [1.29, 1.82) is 0 Å². The van der Waals surface area contributed by atoms with E-state index in [4.69, 9.17) is 0 Å². The van der Waals surface area contributed by atoms with Crippen LogP contribution in [0.2, 0.25) is 0 Å². The molecule has 0 spiro atoms. The zero-order valence-electron chi connectivity index (χ0n) is 9.08. The number of rotatable bonds is 5. The monoisotopic (exact) mass is 216 g/mol. The molecule has 1 heterocycles. The largest absolute Gasteiger partial charge is 0.341 e. The van der Waals surface area contributed by atoms with Crippen LogP contribution in [0, 0.1) is 0 Å². The maximum absolute atomic E-state index is 12.0. The number of nitrogens with one attached hydrogen (secondary N) is 1. The second-order valence-corrected chi connectivity index (χ2v) is 4.63. The minimum absolute atomic E-state index is 0.0677. The standard InChI is InChI=1S/C10H20N2OS/c1-3-5-12(6-4-2)10(13)9-7-14-8-11-9/h9,11H,3-8H2,1-2H3/t9-/m1/s1. The highest BCUT2D eigenvalue weighted by molar-refractivity contribution is 7.99. The zero-order chi connectivity index (χ0) is 10.4. The van der Waals surface area contributed by atoms with Crippen LogP contribution < -0.4 is 5.32 Å². The fourth-order valence-electron chi connectivity index (χ4n) is 1.65. The lowest BCUT2D eigenvalue weighted by Crippen LogP contribution is -2.45. The molecule has 3 nitrogen and oxygen atoms in total. The van der Waals surface area contributed by atoms with Crippen molar-refractivity contribution in [3.8, 4) is 0 Å². The highest BCUT2D eigenvalue weighted by Crippen LogP contribution is 2.12. The van der Waals surface area contributed by atoms with Gasteiger partial charge in [-0.2, -0.15) is 0 Å². The van der Waals surface area contributed by atoms with Crippen molar-refractivity contribution in [2.45, 2.75) is 32.7 Å². The maximum atomic E-state index is 12.0. The van der Waals surface area contributed by atoms with Crippen LogP contribution in [0.5, 0.6) is 0 Å². The van der Waals surface area contributed by atoms with Crippen LogP contribution in [-0.4, -0.2) is 41.6 Å². The van der Waals surface area contributed by atoms with Crippen molar-refractivity contribution < 1.29 is 4.79 Å². The van der Waals surface area contributed by atoms with E-state index in [9.17, 15) is 4.79 Å². The Morgan fingerprint density at radius 2 is 2.07 bits per heavy atom. The molecule has 4 heteroatoms. The Kier molecular flexibility index (Phi) is 5.33. The molecular formula is C10H20N2OS. The van der Waals surface area contributed by atoms with Gasteiger partial charge in [0.2, 0.25) is 5.91 Å². The highest BCUT2D eigenvalue weighted by atomic mass is 32.2. The van der Waals surface area contributed by atoms with Gasteiger partial charge in [0, 0.05) is 24.7 Å². The van der Waals surface area contributed by atoms with Crippen molar-refractivity contribution in [2.24, 2.45) is 0 Å². The fourth-order valence-corrected chi connectivity index (χ4v) is 2.58. The number of hydrogen-bond donors (Lipinski definition) is 1. The van der Waals surface area contributed by atoms with Gasteiger partial charge in [0.05, 0.1) is 6.04 Å². The number of nitrogens with zero attached hydrogens (tertiary/aromatic N) is 1. The molecule has 0 unspecified atom stereocenters. The third-order valence-corrected chi connectivity index (χ3v) is 3.25. The molecule has 1 atom stereocenters. The van der Waals surface area contributed by atoms with E-state index in [2.05, 4.69) is 19.2 Å². The summed E-state index contributed by atoms with van der Waals surface area (Å²) in [5, 5.41) is 3.23. The fraction of sp³-hybridized carbons (Fsp3) is 0.900. The average molecular weight is 216 g/mol. The molecule has 0 radical (unpaired) electrons. The predicted octanol–water partition coefficient (Wildman–Crippen LogP) is 1.30. The number of hydrogen-bond acceptors (Lipinski definition) is 3. The average Bonchev–Trinajstić information content (AvgIpc) is 2.69. The summed E-state index contributed by atoms with van der Waals surface area (Å²) in [6.07, 6.45) is 2.09. The van der Waals surface area contributed by atoms with Crippen molar-refractivity contribution in [1.82, 2.24) is 10.2 Å². The Morgan fingerprint density at radius 3 is 2.50 bits per heavy atom. The van der Waals surface area contributed by atoms with Gasteiger partial charge in [0.1, 0.15) is 0 Å². The number of thioether (sulfide) groups is 1. The Labute approximate surface area is 90.6 Å². The number of carbonyl (C=O) groups excluding carboxylic acids is 1. The second-order valence-electron chi connectivity index (χ2n) is 3.60. The minimum atomic E-state index is 0.0677. The molecule has 1 rings (SSSR count). The number of amides is 1. The van der Waals surface area contributed by atoms with Crippen molar-refractivity contribution in [3.63, 3.8) is 0 Å². The summed E-state index contributed by atoms with van der Waals surface area (Å²) in [6, 6.07) is 0.0677. The SMILES string of the molecule is CCCN(CCC)C(=O)[C@H]1CSCN1. The number of carbonyl (C=O) groups is 1. The van der Waals surface area contributed by atoms with Crippen LogP contribution in [-0.2, 0) is 4.79 Å². The highest BCUT2D eigenvalue weighted by Gasteiger charge is 2.26. The van der Waals surface area contributed by atoms with Gasteiger partial charge in [0.25, 0.3) is 0 Å². The molecule has 1 aliphatic heterocycles. The third kappa shape index (κ3) is 3.17. The third-order valence-electron chi connectivity index (χ3n) is 2.31. The van der Waals surface area contributed by atoms with E-state index in [1.165, 1.54) is 0 Å². The molecule has 1 fully saturated rings. The second kappa shape index (κ2) is 6.30. The Bertz CT molecular complexity index is 175. The normalized spacial score (nSPS) is 21.1. The van der Waals surface area contributed by atoms with Gasteiger partial charge in [0.15, 0.2) is 0 Å². The molecule has 0 bridgehead atoms. The first kappa shape index (κ1) is 11.9. The molecule has 0 aliphatic carbocycles. The van der Waals surface area contributed by atoms with E-state index >= 15 is 0 Å². The Balaban J connectivity index is 2.43. The van der Waals surface area contributed by atoms with Crippen LogP contribution in [0.1, 0.15) is 26.7 Å². The van der Waals surface area contributed by atoms with E-state index in [0.717, 1.165) is 37.6 Å². The summed E-state index contributed by atoms with van der Waals surface area (Å²) in [6.45, 7) is 6.03. The molecular weight excluding hydrogens is 196 g/mol. The summed E-state index contributed by atoms with van der Waals surface area (Å²) >= 11 is 1.81. The van der Waals surface area contributed by atoms with Crippen molar-refractivity contribution >= 4 is 17.7 Å². The van der Waals surface area contributed by atoms with Gasteiger partial charge in [-0.1, -0.05) is 13.8 Å². The summed E-state index contributed by atoms with van der Waals surface area (Å²) in [5.41, 5.74) is 0. The molecule has 82 valence electrons. The Morgan fingerprint density at radius 1 is 1.43 bits per heavy atom. The van der Waals surface area contributed by atoms with E-state index < -0.39 is 0 Å². The van der Waals surface area contributed by atoms with E-state index in [1.54, 1.807) is 11.8 Å². The van der Waals surface area contributed by atoms with E-state index in [1.807, 2.05) is 4.90 Å². The lowest BCUT2D eigenvalue weighted by atomic mass is 10.2. The first-order valence-electron chi connectivity index (χ1n) is 5.39. The lowest BCUT2D eigenvalue weighted by Gasteiger charge is -2.24. The van der Waals surface area contributed by atoms with Crippen LogP contribution in [0.15, 0.2) is 0 Å². The van der Waals surface area contributed by atoms with Crippen LogP contribution in [0.4, 0.5) is 0 Å². The van der Waals surface area contributed by atoms with Crippen LogP contribution in [0.3, 0.4) is 0 Å². The smallest absolute Gasteiger partial charge is 0.240 e. The van der Waals surface area contributed by atoms with Gasteiger partial charge in [-0.15, -0.1) is 11.8 Å². The quantitative estimate of drug-likeness (QED) is 0.752. The molecule has 14 heavy (non-hydrogen) atoms. The summed E-state index contributed by atoms with van der Waals surface area (Å²) in [5.74, 6) is 2.14. The lowest BCUT2D eigenvalue weighted by molar-refractivity contribution is -0.132. The van der Waals surface area contributed by atoms with Gasteiger partial charge in [-0.3, -0.25) is 10.1 Å². The molecule has 1 saturated heterocycles. The van der Waals surface area contributed by atoms with E-state index in [0.29, 0.717) is 5.91 Å². The minimum Gasteiger partial charge on any atom is -0.341 e. The maximum Gasteiger partial charge on any atom is 0.240 e. The summed E-state index contributed by atoms with van der Waals surface area (Å²) in [7, 11) is 0. The molecule has 1 N–H and O–H groups in total. The molecule has 0 saturated carbocycles. The first-order chi connectivity index (χ1) is 6.79. The first-order valence-corrected chi connectivity index (χ1v) is 6.55. The van der Waals surface area contributed by atoms with E-state index in [-0.39, 0.29) is 6.04 Å². The van der Waals surface area contributed by atoms with Gasteiger partial charge >= 0.3 is 0 Å². The Hall–Kier alpha value is -0.220. The molecule has 0 aromatic carbocycles.